The van der Waals surface area contributed by atoms with E-state index in [-0.39, 0.29) is 17.1 Å². The first-order valence-corrected chi connectivity index (χ1v) is 8.38. The second-order valence-electron chi connectivity index (χ2n) is 5.14. The number of hydrogen-bond donors (Lipinski definition) is 5. The van der Waals surface area contributed by atoms with E-state index in [1.165, 1.54) is 10.9 Å². The highest BCUT2D eigenvalue weighted by molar-refractivity contribution is 7.45. The van der Waals surface area contributed by atoms with Crippen LogP contribution < -0.4 is 11.3 Å². The molecule has 2 unspecified atom stereocenters. The summed E-state index contributed by atoms with van der Waals surface area (Å²) in [6.45, 7) is -1.02. The lowest BCUT2D eigenvalue weighted by molar-refractivity contribution is -0.328. The molecule has 3 rings (SSSR count). The van der Waals surface area contributed by atoms with Crippen molar-refractivity contribution in [2.45, 2.75) is 18.6 Å². The van der Waals surface area contributed by atoms with Crippen LogP contribution >= 0.6 is 8.38 Å². The van der Waals surface area contributed by atoms with Crippen molar-refractivity contribution in [1.82, 2.24) is 19.5 Å². The van der Waals surface area contributed by atoms with Crippen molar-refractivity contribution in [2.24, 2.45) is 5.92 Å². The van der Waals surface area contributed by atoms with Crippen LogP contribution in [0.2, 0.25) is 0 Å². The minimum absolute atomic E-state index is 0.0317. The Morgan fingerprint density at radius 3 is 3.00 bits per heavy atom. The van der Waals surface area contributed by atoms with Gasteiger partial charge >= 0.3 is 0 Å². The number of alkyl halides is 1. The molecule has 1 aliphatic heterocycles. The van der Waals surface area contributed by atoms with Crippen LogP contribution in [0.5, 0.6) is 0 Å². The quantitative estimate of drug-likeness (QED) is 0.230. The van der Waals surface area contributed by atoms with E-state index in [2.05, 4.69) is 19.6 Å². The highest BCUT2D eigenvalue weighted by Crippen LogP contribution is 2.39. The van der Waals surface area contributed by atoms with Crippen molar-refractivity contribution in [2.75, 3.05) is 18.8 Å². The van der Waals surface area contributed by atoms with Gasteiger partial charge in [-0.25, -0.2) is 4.98 Å². The number of nitrogens with one attached hydrogen (secondary N) is 1. The standard InChI is InChI=1S/C11H15FN5O7P/c12-1-4-6(19)9(22-10(4)23-24-25(21)3-18)17-2-14-5-7(17)15-11(13)16-8(5)20/h2,4,6,9-10,18-19,21H,1,3H2,(H3,13,15,16,20)/t4-,6?,9-,10-,25?/m1/s1. The van der Waals surface area contributed by atoms with Gasteiger partial charge < -0.3 is 25.6 Å². The molecule has 14 heteroatoms. The van der Waals surface area contributed by atoms with E-state index in [0.717, 1.165) is 0 Å². The highest BCUT2D eigenvalue weighted by atomic mass is 31.2. The van der Waals surface area contributed by atoms with Crippen molar-refractivity contribution in [3.63, 3.8) is 0 Å². The number of H-pyrrole nitrogens is 1. The summed E-state index contributed by atoms with van der Waals surface area (Å²) in [6, 6.07) is 0. The SMILES string of the molecule is Nc1nc2c(ncn2[C@@H]2O[C@H](OOP(O)CO)[C@H](CF)C2O)c(=O)[nH]1. The monoisotopic (exact) mass is 379 g/mol. The van der Waals surface area contributed by atoms with Crippen molar-refractivity contribution < 1.29 is 33.8 Å². The van der Waals surface area contributed by atoms with Gasteiger partial charge in [-0.05, 0) is 0 Å². The van der Waals surface area contributed by atoms with Gasteiger partial charge in [0.05, 0.1) is 18.9 Å². The number of nitrogens with zero attached hydrogens (tertiary/aromatic N) is 3. The molecule has 2 aromatic rings. The molecule has 0 aliphatic carbocycles. The second-order valence-corrected chi connectivity index (χ2v) is 6.28. The van der Waals surface area contributed by atoms with E-state index in [0.29, 0.717) is 0 Å². The third-order valence-electron chi connectivity index (χ3n) is 3.60. The summed E-state index contributed by atoms with van der Waals surface area (Å²) in [7, 11) is -2.27. The maximum absolute atomic E-state index is 13.3. The molecule has 3 heterocycles. The maximum Gasteiger partial charge on any atom is 0.280 e. The second kappa shape index (κ2) is 7.25. The zero-order valence-corrected chi connectivity index (χ0v) is 13.4. The van der Waals surface area contributed by atoms with Gasteiger partial charge in [0.1, 0.15) is 12.5 Å². The van der Waals surface area contributed by atoms with Crippen LogP contribution in [0.3, 0.4) is 0 Å². The van der Waals surface area contributed by atoms with E-state index in [1.54, 1.807) is 0 Å². The summed E-state index contributed by atoms with van der Waals surface area (Å²) in [4.78, 5) is 35.8. The molecule has 25 heavy (non-hydrogen) atoms. The molecule has 1 fully saturated rings. The minimum Gasteiger partial charge on any atom is -0.388 e. The number of halogens is 1. The Bertz CT molecular complexity index is 803. The van der Waals surface area contributed by atoms with Crippen LogP contribution in [-0.4, -0.2) is 60.0 Å². The predicted molar refractivity (Wildman–Crippen MR) is 80.3 cm³/mol. The highest BCUT2D eigenvalue weighted by Gasteiger charge is 2.47. The van der Waals surface area contributed by atoms with Crippen LogP contribution in [-0.2, 0) is 14.3 Å². The molecule has 0 saturated carbocycles. The molecule has 12 nitrogen and oxygen atoms in total. The summed E-state index contributed by atoms with van der Waals surface area (Å²) in [6.07, 6.45) is -3.45. The van der Waals surface area contributed by atoms with E-state index < -0.39 is 51.5 Å². The maximum atomic E-state index is 13.3. The molecule has 138 valence electrons. The topological polar surface area (TPSA) is 178 Å². The van der Waals surface area contributed by atoms with E-state index in [4.69, 9.17) is 20.5 Å². The number of aromatic amines is 1. The van der Waals surface area contributed by atoms with Gasteiger partial charge in [0, 0.05) is 0 Å². The Morgan fingerprint density at radius 2 is 2.32 bits per heavy atom. The number of aliphatic hydroxyl groups excluding tert-OH is 2. The fraction of sp³-hybridized carbons (Fsp3) is 0.545. The molecule has 1 aliphatic rings. The average molecular weight is 379 g/mol. The number of nitrogens with two attached hydrogens (primary N) is 1. The Morgan fingerprint density at radius 1 is 1.56 bits per heavy atom. The van der Waals surface area contributed by atoms with E-state index >= 15 is 0 Å². The van der Waals surface area contributed by atoms with Gasteiger partial charge in [0.15, 0.2) is 17.4 Å². The fourth-order valence-electron chi connectivity index (χ4n) is 2.42. The molecule has 6 N–H and O–H groups in total. The van der Waals surface area contributed by atoms with Gasteiger partial charge in [0.2, 0.25) is 20.6 Å². The summed E-state index contributed by atoms with van der Waals surface area (Å²) >= 11 is 0. The summed E-state index contributed by atoms with van der Waals surface area (Å²) in [5.41, 5.74) is 4.91. The largest absolute Gasteiger partial charge is 0.388 e. The number of aliphatic hydroxyl groups is 2. The summed E-state index contributed by atoms with van der Waals surface area (Å²) in [5, 5.41) is 19.0. The van der Waals surface area contributed by atoms with Crippen LogP contribution in [0.1, 0.15) is 6.23 Å². The number of rotatable bonds is 6. The third kappa shape index (κ3) is 3.35. The summed E-state index contributed by atoms with van der Waals surface area (Å²) in [5.74, 6) is -1.32. The third-order valence-corrected chi connectivity index (χ3v) is 4.10. The molecular weight excluding hydrogens is 364 g/mol. The lowest BCUT2D eigenvalue weighted by Gasteiger charge is -2.16. The van der Waals surface area contributed by atoms with E-state index in [1.807, 2.05) is 0 Å². The lowest BCUT2D eigenvalue weighted by atomic mass is 10.1. The number of nitrogen functional groups attached to an aromatic ring is 1. The van der Waals surface area contributed by atoms with Crippen LogP contribution in [0, 0.1) is 5.92 Å². The molecule has 0 radical (unpaired) electrons. The average Bonchev–Trinajstić information content (AvgIpc) is 3.13. The molecule has 0 spiro atoms. The molecule has 1 saturated heterocycles. The van der Waals surface area contributed by atoms with Crippen molar-refractivity contribution in [3.05, 3.63) is 16.7 Å². The first kappa shape index (κ1) is 18.1. The van der Waals surface area contributed by atoms with Gasteiger partial charge in [-0.3, -0.25) is 18.7 Å². The zero-order chi connectivity index (χ0) is 18.1. The van der Waals surface area contributed by atoms with Crippen LogP contribution in [0.25, 0.3) is 11.2 Å². The number of hydrogen-bond acceptors (Lipinski definition) is 10. The Hall–Kier alpha value is -1.73. The molecular formula is C11H15FN5O7P. The number of aromatic nitrogens is 4. The number of anilines is 1. The smallest absolute Gasteiger partial charge is 0.280 e. The van der Waals surface area contributed by atoms with Gasteiger partial charge in [-0.15, -0.1) is 0 Å². The number of imidazole rings is 1. The van der Waals surface area contributed by atoms with Gasteiger partial charge in [-0.1, -0.05) is 0 Å². The normalized spacial score (nSPS) is 27.8. The number of fused-ring (bicyclic) bond motifs is 1. The minimum atomic E-state index is -2.27. The molecule has 0 amide bonds. The number of ether oxygens (including phenoxy) is 1. The van der Waals surface area contributed by atoms with E-state index in [9.17, 15) is 19.2 Å². The zero-order valence-electron chi connectivity index (χ0n) is 12.5. The molecule has 0 bridgehead atoms. The van der Waals surface area contributed by atoms with Crippen molar-refractivity contribution in [1.29, 1.82) is 0 Å². The lowest BCUT2D eigenvalue weighted by Crippen LogP contribution is -2.29. The predicted octanol–water partition coefficient (Wildman–Crippen LogP) is -1.29. The van der Waals surface area contributed by atoms with Crippen molar-refractivity contribution in [3.8, 4) is 0 Å². The van der Waals surface area contributed by atoms with Gasteiger partial charge in [-0.2, -0.15) is 14.5 Å². The summed E-state index contributed by atoms with van der Waals surface area (Å²) < 4.78 is 24.4. The van der Waals surface area contributed by atoms with Gasteiger partial charge in [0.25, 0.3) is 5.56 Å². The Balaban J connectivity index is 1.89. The van der Waals surface area contributed by atoms with Crippen LogP contribution in [0.15, 0.2) is 11.1 Å². The first-order valence-electron chi connectivity index (χ1n) is 6.98. The van der Waals surface area contributed by atoms with Crippen molar-refractivity contribution >= 4 is 25.5 Å². The molecule has 2 aromatic heterocycles. The van der Waals surface area contributed by atoms with Crippen LogP contribution in [0.4, 0.5) is 10.3 Å². The Labute approximate surface area is 139 Å². The fourth-order valence-corrected chi connectivity index (χ4v) is 2.66. The molecule has 0 aromatic carbocycles. The molecule has 5 atom stereocenters. The Kier molecular flexibility index (Phi) is 5.24. The first-order chi connectivity index (χ1) is 12.0.